The molecule has 0 unspecified atom stereocenters. The monoisotopic (exact) mass is 200 g/mol. The fourth-order valence-corrected chi connectivity index (χ4v) is 3.19. The van der Waals surface area contributed by atoms with Gasteiger partial charge in [-0.3, -0.25) is 0 Å². The second-order valence-electron chi connectivity index (χ2n) is 2.57. The zero-order valence-electron chi connectivity index (χ0n) is 6.47. The van der Waals surface area contributed by atoms with Crippen molar-refractivity contribution in [1.29, 1.82) is 0 Å². The molecule has 0 aromatic carbocycles. The SMILES string of the molecule is Cl[PH2](n1cccc1)n1cccc1. The molecule has 0 atom stereocenters. The van der Waals surface area contributed by atoms with Gasteiger partial charge in [-0.25, -0.2) is 0 Å². The first kappa shape index (κ1) is 7.90. The average Bonchev–Trinajstić information content (AvgIpc) is 2.77. The minimum atomic E-state index is -1.52. The summed E-state index contributed by atoms with van der Waals surface area (Å²) in [7, 11) is -1.52. The van der Waals surface area contributed by atoms with E-state index in [1.54, 1.807) is 0 Å². The van der Waals surface area contributed by atoms with Gasteiger partial charge in [0.05, 0.1) is 0 Å². The summed E-state index contributed by atoms with van der Waals surface area (Å²) in [4.78, 5) is 0. The fraction of sp³-hybridized carbons (Fsp3) is 0. The van der Waals surface area contributed by atoms with Crippen molar-refractivity contribution < 1.29 is 0 Å². The fourth-order valence-electron chi connectivity index (χ4n) is 1.13. The molecule has 0 N–H and O–H groups in total. The standard InChI is InChI=1S/C8H10ClN2P/c9-12(10-5-1-2-6-10)11-7-3-4-8-11/h1-8H,12H2. The van der Waals surface area contributed by atoms with Gasteiger partial charge in [0.1, 0.15) is 0 Å². The van der Waals surface area contributed by atoms with Gasteiger partial charge in [0, 0.05) is 0 Å². The Labute approximate surface area is 77.0 Å². The predicted octanol–water partition coefficient (Wildman–Crippen LogP) is 2.62. The third-order valence-corrected chi connectivity index (χ3v) is 4.77. The van der Waals surface area contributed by atoms with Crippen molar-refractivity contribution in [1.82, 2.24) is 8.68 Å². The van der Waals surface area contributed by atoms with Gasteiger partial charge in [-0.1, -0.05) is 0 Å². The molecule has 0 amide bonds. The Morgan fingerprint density at radius 1 is 0.750 bits per heavy atom. The number of rotatable bonds is 2. The van der Waals surface area contributed by atoms with Crippen molar-refractivity contribution in [2.24, 2.45) is 0 Å². The quantitative estimate of drug-likeness (QED) is 0.660. The normalized spacial score (nSPS) is 11.6. The number of aromatic nitrogens is 2. The molecule has 0 aliphatic heterocycles. The average molecular weight is 201 g/mol. The van der Waals surface area contributed by atoms with Crippen molar-refractivity contribution in [3.63, 3.8) is 0 Å². The second-order valence-corrected chi connectivity index (χ2v) is 5.56. The molecule has 0 aliphatic carbocycles. The van der Waals surface area contributed by atoms with Crippen LogP contribution in [0.4, 0.5) is 0 Å². The summed E-state index contributed by atoms with van der Waals surface area (Å²) in [6.45, 7) is 0. The van der Waals surface area contributed by atoms with Crippen LogP contribution in [0.5, 0.6) is 0 Å². The molecule has 0 aliphatic rings. The molecule has 2 heterocycles. The molecule has 2 nitrogen and oxygen atoms in total. The topological polar surface area (TPSA) is 9.86 Å². The maximum absolute atomic E-state index is 6.28. The molecule has 0 spiro atoms. The van der Waals surface area contributed by atoms with Gasteiger partial charge in [-0.2, -0.15) is 0 Å². The Hall–Kier alpha value is -0.720. The number of hydrogen-bond acceptors (Lipinski definition) is 0. The van der Waals surface area contributed by atoms with E-state index in [0.717, 1.165) is 0 Å². The molecule has 0 fully saturated rings. The summed E-state index contributed by atoms with van der Waals surface area (Å²) in [6.07, 6.45) is 8.02. The summed E-state index contributed by atoms with van der Waals surface area (Å²) in [5.74, 6) is 0. The molecule has 12 heavy (non-hydrogen) atoms. The first-order valence-electron chi connectivity index (χ1n) is 3.77. The van der Waals surface area contributed by atoms with Crippen LogP contribution in [-0.2, 0) is 0 Å². The van der Waals surface area contributed by atoms with Crippen LogP contribution in [0.15, 0.2) is 49.1 Å². The van der Waals surface area contributed by atoms with Crippen molar-refractivity contribution in [3.05, 3.63) is 49.1 Å². The summed E-state index contributed by atoms with van der Waals surface area (Å²) in [6, 6.07) is 7.97. The Kier molecular flexibility index (Phi) is 2.20. The number of nitrogens with zero attached hydrogens (tertiary/aromatic N) is 2. The van der Waals surface area contributed by atoms with Gasteiger partial charge in [0.2, 0.25) is 0 Å². The van der Waals surface area contributed by atoms with Gasteiger partial charge < -0.3 is 0 Å². The van der Waals surface area contributed by atoms with Crippen molar-refractivity contribution >= 4 is 18.8 Å². The van der Waals surface area contributed by atoms with E-state index >= 15 is 0 Å². The molecule has 0 saturated heterocycles. The van der Waals surface area contributed by atoms with E-state index in [4.69, 9.17) is 11.2 Å². The van der Waals surface area contributed by atoms with Crippen molar-refractivity contribution in [2.45, 2.75) is 0 Å². The molecular weight excluding hydrogens is 191 g/mol. The summed E-state index contributed by atoms with van der Waals surface area (Å²) in [5, 5.41) is 0. The van der Waals surface area contributed by atoms with E-state index in [2.05, 4.69) is 8.68 Å². The number of halogens is 1. The van der Waals surface area contributed by atoms with Gasteiger partial charge in [-0.15, -0.1) is 0 Å². The Balaban J connectivity index is 2.27. The molecule has 2 aromatic rings. The van der Waals surface area contributed by atoms with E-state index < -0.39 is 7.58 Å². The minimum absolute atomic E-state index is 1.52. The maximum atomic E-state index is 6.28. The summed E-state index contributed by atoms with van der Waals surface area (Å²) in [5.41, 5.74) is 0. The third-order valence-electron chi connectivity index (χ3n) is 1.75. The van der Waals surface area contributed by atoms with Gasteiger partial charge in [0.25, 0.3) is 0 Å². The van der Waals surface area contributed by atoms with Crippen molar-refractivity contribution in [3.8, 4) is 0 Å². The van der Waals surface area contributed by atoms with E-state index in [9.17, 15) is 0 Å². The Morgan fingerprint density at radius 3 is 1.42 bits per heavy atom. The van der Waals surface area contributed by atoms with Crippen LogP contribution < -0.4 is 0 Å². The molecule has 0 saturated carbocycles. The van der Waals surface area contributed by atoms with Crippen LogP contribution in [0.2, 0.25) is 0 Å². The van der Waals surface area contributed by atoms with Gasteiger partial charge in [0.15, 0.2) is 0 Å². The molecule has 2 aromatic heterocycles. The zero-order chi connectivity index (χ0) is 8.39. The van der Waals surface area contributed by atoms with Crippen molar-refractivity contribution in [2.75, 3.05) is 0 Å². The molecule has 0 radical (unpaired) electrons. The molecule has 4 heteroatoms. The van der Waals surface area contributed by atoms with Crippen LogP contribution in [0.3, 0.4) is 0 Å². The molecular formula is C8H10ClN2P. The molecule has 64 valence electrons. The van der Waals surface area contributed by atoms with E-state index in [-0.39, 0.29) is 0 Å². The van der Waals surface area contributed by atoms with E-state index in [1.807, 2.05) is 49.1 Å². The van der Waals surface area contributed by atoms with Crippen LogP contribution in [-0.4, -0.2) is 8.68 Å². The summed E-state index contributed by atoms with van der Waals surface area (Å²) >= 11 is 6.28. The van der Waals surface area contributed by atoms with Crippen LogP contribution >= 0.6 is 18.8 Å². The van der Waals surface area contributed by atoms with E-state index in [0.29, 0.717) is 0 Å². The third kappa shape index (κ3) is 1.40. The van der Waals surface area contributed by atoms with E-state index in [1.165, 1.54) is 0 Å². The van der Waals surface area contributed by atoms with Gasteiger partial charge in [-0.05, 0) is 0 Å². The summed E-state index contributed by atoms with van der Waals surface area (Å²) < 4.78 is 4.14. The molecule has 0 bridgehead atoms. The predicted molar refractivity (Wildman–Crippen MR) is 55.2 cm³/mol. The Bertz CT molecular complexity index is 294. The zero-order valence-corrected chi connectivity index (χ0v) is 8.38. The molecule has 2 rings (SSSR count). The van der Waals surface area contributed by atoms with Crippen LogP contribution in [0.25, 0.3) is 0 Å². The van der Waals surface area contributed by atoms with Gasteiger partial charge >= 0.3 is 76.5 Å². The Morgan fingerprint density at radius 2 is 1.08 bits per heavy atom. The first-order valence-corrected chi connectivity index (χ1v) is 6.55. The number of hydrogen-bond donors (Lipinski definition) is 0. The van der Waals surface area contributed by atoms with Crippen LogP contribution in [0.1, 0.15) is 0 Å². The first-order chi connectivity index (χ1) is 5.88. The second kappa shape index (κ2) is 3.34. The van der Waals surface area contributed by atoms with Crippen LogP contribution in [0, 0.1) is 0 Å².